The minimum absolute atomic E-state index is 0.184. The number of benzene rings is 2. The van der Waals surface area contributed by atoms with Crippen molar-refractivity contribution in [2.24, 2.45) is 0 Å². The molecule has 31 heavy (non-hydrogen) atoms. The molecule has 7 nitrogen and oxygen atoms in total. The molecule has 8 heteroatoms. The second-order valence-corrected chi connectivity index (χ2v) is 8.54. The first-order valence-corrected chi connectivity index (χ1v) is 10.7. The van der Waals surface area contributed by atoms with Crippen LogP contribution in [0.4, 0.5) is 0 Å². The minimum Gasteiger partial charge on any atom is -0.494 e. The largest absolute Gasteiger partial charge is 0.494 e. The topological polar surface area (TPSA) is 109 Å². The Morgan fingerprint density at radius 2 is 1.84 bits per heavy atom. The lowest BCUT2D eigenvalue weighted by Gasteiger charge is -2.47. The molecule has 4 N–H and O–H groups in total. The zero-order valence-electron chi connectivity index (χ0n) is 17.4. The zero-order valence-corrected chi connectivity index (χ0v) is 18.1. The number of aliphatic hydroxyl groups excluding tert-OH is 4. The van der Waals surface area contributed by atoms with Crippen LogP contribution in [0.25, 0.3) is 0 Å². The van der Waals surface area contributed by atoms with Crippen LogP contribution in [0, 0.1) is 0 Å². The van der Waals surface area contributed by atoms with Gasteiger partial charge in [-0.3, -0.25) is 0 Å². The molecular formula is C23H27ClO7. The van der Waals surface area contributed by atoms with E-state index in [0.717, 1.165) is 16.9 Å². The smallest absolute Gasteiger partial charge is 0.225 e. The average molecular weight is 451 g/mol. The Balaban J connectivity index is 1.67. The predicted octanol–water partition coefficient (Wildman–Crippen LogP) is 1.74. The lowest BCUT2D eigenvalue weighted by molar-refractivity contribution is -0.336. The van der Waals surface area contributed by atoms with Crippen molar-refractivity contribution in [3.63, 3.8) is 0 Å². The number of ether oxygens (including phenoxy) is 3. The lowest BCUT2D eigenvalue weighted by Crippen LogP contribution is -2.67. The molecule has 0 spiro atoms. The fourth-order valence-corrected chi connectivity index (χ4v) is 4.51. The van der Waals surface area contributed by atoms with Crippen molar-refractivity contribution >= 4 is 11.6 Å². The number of rotatable bonds is 6. The summed E-state index contributed by atoms with van der Waals surface area (Å²) in [5.41, 5.74) is 0.672. The first kappa shape index (κ1) is 22.5. The molecule has 2 aromatic rings. The van der Waals surface area contributed by atoms with E-state index in [0.29, 0.717) is 23.6 Å². The molecule has 0 amide bonds. The van der Waals surface area contributed by atoms with Gasteiger partial charge >= 0.3 is 0 Å². The third-order valence-corrected chi connectivity index (χ3v) is 6.54. The molecule has 6 unspecified atom stereocenters. The van der Waals surface area contributed by atoms with Gasteiger partial charge in [0.2, 0.25) is 5.79 Å². The molecule has 2 saturated heterocycles. The van der Waals surface area contributed by atoms with E-state index in [1.807, 2.05) is 31.2 Å². The first-order valence-electron chi connectivity index (χ1n) is 10.3. The Morgan fingerprint density at radius 1 is 1.13 bits per heavy atom. The van der Waals surface area contributed by atoms with E-state index in [1.54, 1.807) is 18.2 Å². The van der Waals surface area contributed by atoms with Crippen molar-refractivity contribution in [1.82, 2.24) is 0 Å². The van der Waals surface area contributed by atoms with Crippen molar-refractivity contribution < 1.29 is 34.6 Å². The molecule has 168 valence electrons. The third-order valence-electron chi connectivity index (χ3n) is 6.18. The Morgan fingerprint density at radius 3 is 2.48 bits per heavy atom. The number of hydrogen-bond donors (Lipinski definition) is 4. The van der Waals surface area contributed by atoms with Crippen molar-refractivity contribution in [1.29, 1.82) is 0 Å². The summed E-state index contributed by atoms with van der Waals surface area (Å²) in [5.74, 6) is -0.946. The number of fused-ring (bicyclic) bond motifs is 2. The molecule has 0 saturated carbocycles. The Kier molecular flexibility index (Phi) is 6.04. The summed E-state index contributed by atoms with van der Waals surface area (Å²) in [7, 11) is 0. The van der Waals surface area contributed by atoms with Gasteiger partial charge in [-0.15, -0.1) is 0 Å². The standard InChI is InChI=1S/C23H27ClO7/c1-3-29-17-7-4-14(5-8-17)10-15-11-16(6-9-18(15)24)23-21(28)19(26)20(27)22(31-23,12-30-23)13(2)25/h4-9,11,13,19-21,25-28H,3,10,12H2,1-2H3. The van der Waals surface area contributed by atoms with Crippen LogP contribution in [-0.2, 0) is 21.7 Å². The summed E-state index contributed by atoms with van der Waals surface area (Å²) in [4.78, 5) is 0. The highest BCUT2D eigenvalue weighted by Crippen LogP contribution is 2.51. The molecule has 6 atom stereocenters. The summed E-state index contributed by atoms with van der Waals surface area (Å²) >= 11 is 6.43. The fraction of sp³-hybridized carbons (Fsp3) is 0.478. The highest BCUT2D eigenvalue weighted by Gasteiger charge is 2.68. The Hall–Kier alpha value is -1.71. The van der Waals surface area contributed by atoms with Crippen LogP contribution >= 0.6 is 11.6 Å². The second kappa shape index (κ2) is 8.33. The number of halogens is 1. The molecule has 0 aromatic heterocycles. The van der Waals surface area contributed by atoms with Gasteiger partial charge in [0.25, 0.3) is 0 Å². The van der Waals surface area contributed by atoms with Gasteiger partial charge in [-0.2, -0.15) is 0 Å². The van der Waals surface area contributed by atoms with Gasteiger partial charge in [-0.05, 0) is 55.7 Å². The van der Waals surface area contributed by atoms with Crippen LogP contribution in [-0.4, -0.2) is 63.7 Å². The molecule has 2 bridgehead atoms. The van der Waals surface area contributed by atoms with Crippen molar-refractivity contribution in [3.8, 4) is 5.75 Å². The van der Waals surface area contributed by atoms with Gasteiger partial charge in [0, 0.05) is 10.6 Å². The molecule has 0 aliphatic carbocycles. The molecule has 0 radical (unpaired) electrons. The second-order valence-electron chi connectivity index (χ2n) is 8.13. The van der Waals surface area contributed by atoms with Crippen molar-refractivity contribution in [2.45, 2.75) is 56.1 Å². The Labute approximate surface area is 185 Å². The molecular weight excluding hydrogens is 424 g/mol. The molecule has 2 aromatic carbocycles. The molecule has 2 heterocycles. The van der Waals surface area contributed by atoms with Gasteiger partial charge in [0.1, 0.15) is 29.7 Å². The maximum Gasteiger partial charge on any atom is 0.225 e. The fourth-order valence-electron chi connectivity index (χ4n) is 4.32. The van der Waals surface area contributed by atoms with E-state index >= 15 is 0 Å². The van der Waals surface area contributed by atoms with Gasteiger partial charge in [0.15, 0.2) is 0 Å². The van der Waals surface area contributed by atoms with Gasteiger partial charge < -0.3 is 34.6 Å². The highest BCUT2D eigenvalue weighted by atomic mass is 35.5. The summed E-state index contributed by atoms with van der Waals surface area (Å²) in [5, 5.41) is 42.5. The quantitative estimate of drug-likeness (QED) is 0.531. The van der Waals surface area contributed by atoms with Crippen LogP contribution < -0.4 is 4.74 Å². The summed E-state index contributed by atoms with van der Waals surface area (Å²) in [6.07, 6.45) is -5.25. The average Bonchev–Trinajstić information content (AvgIpc) is 3.15. The van der Waals surface area contributed by atoms with Gasteiger partial charge in [-0.25, -0.2) is 0 Å². The first-order chi connectivity index (χ1) is 14.7. The van der Waals surface area contributed by atoms with E-state index in [2.05, 4.69) is 0 Å². The van der Waals surface area contributed by atoms with Crippen LogP contribution in [0.3, 0.4) is 0 Å². The van der Waals surface area contributed by atoms with Crippen LogP contribution in [0.5, 0.6) is 5.75 Å². The van der Waals surface area contributed by atoms with E-state index in [1.165, 1.54) is 6.92 Å². The zero-order chi connectivity index (χ0) is 22.4. The molecule has 2 aliphatic heterocycles. The van der Waals surface area contributed by atoms with E-state index < -0.39 is 35.8 Å². The maximum atomic E-state index is 10.8. The molecule has 2 aliphatic rings. The monoisotopic (exact) mass is 450 g/mol. The van der Waals surface area contributed by atoms with Crippen LogP contribution in [0.1, 0.15) is 30.5 Å². The van der Waals surface area contributed by atoms with Gasteiger partial charge in [0.05, 0.1) is 19.3 Å². The summed E-state index contributed by atoms with van der Waals surface area (Å²) in [6.45, 7) is 3.78. The van der Waals surface area contributed by atoms with Crippen molar-refractivity contribution in [2.75, 3.05) is 13.2 Å². The van der Waals surface area contributed by atoms with E-state index in [4.69, 9.17) is 25.8 Å². The SMILES string of the molecule is CCOc1ccc(Cc2cc(C34OCC(C(C)O)(O3)C(O)C(O)C4O)ccc2Cl)cc1. The molecule has 2 fully saturated rings. The van der Waals surface area contributed by atoms with Crippen molar-refractivity contribution in [3.05, 3.63) is 64.2 Å². The minimum atomic E-state index is -1.73. The Bertz CT molecular complexity index is 934. The lowest BCUT2D eigenvalue weighted by atomic mass is 9.81. The van der Waals surface area contributed by atoms with Crippen LogP contribution in [0.2, 0.25) is 5.02 Å². The van der Waals surface area contributed by atoms with Crippen LogP contribution in [0.15, 0.2) is 42.5 Å². The normalized spacial score (nSPS) is 33.3. The summed E-state index contributed by atoms with van der Waals surface area (Å²) < 4.78 is 17.3. The van der Waals surface area contributed by atoms with Gasteiger partial charge in [-0.1, -0.05) is 29.8 Å². The maximum absolute atomic E-state index is 10.8. The number of hydrogen-bond acceptors (Lipinski definition) is 7. The predicted molar refractivity (Wildman–Crippen MR) is 113 cm³/mol. The summed E-state index contributed by atoms with van der Waals surface area (Å²) in [6, 6.07) is 12.7. The van der Waals surface area contributed by atoms with E-state index in [9.17, 15) is 20.4 Å². The number of aliphatic hydroxyl groups is 4. The molecule has 4 rings (SSSR count). The van der Waals surface area contributed by atoms with E-state index in [-0.39, 0.29) is 6.61 Å². The highest BCUT2D eigenvalue weighted by molar-refractivity contribution is 6.31. The third kappa shape index (κ3) is 3.64.